The summed E-state index contributed by atoms with van der Waals surface area (Å²) in [6.45, 7) is 3.98. The smallest absolute Gasteiger partial charge is 0.277 e. The van der Waals surface area contributed by atoms with Gasteiger partial charge in [0.15, 0.2) is 11.3 Å². The summed E-state index contributed by atoms with van der Waals surface area (Å²) in [6.07, 6.45) is 4.22. The topological polar surface area (TPSA) is 128 Å². The van der Waals surface area contributed by atoms with Gasteiger partial charge < -0.3 is 14.5 Å². The van der Waals surface area contributed by atoms with Crippen molar-refractivity contribution in [3.63, 3.8) is 0 Å². The summed E-state index contributed by atoms with van der Waals surface area (Å²) in [5, 5.41) is 4.73. The van der Waals surface area contributed by atoms with E-state index in [9.17, 15) is 13.2 Å². The Balaban J connectivity index is 1.63. The van der Waals surface area contributed by atoms with Crippen LogP contribution in [-0.2, 0) is 10.0 Å². The molecule has 1 fully saturated rings. The molecule has 0 aliphatic heterocycles. The fourth-order valence-electron chi connectivity index (χ4n) is 4.84. The highest BCUT2D eigenvalue weighted by Gasteiger charge is 2.26. The lowest BCUT2D eigenvalue weighted by Crippen LogP contribution is -2.17. The Labute approximate surface area is 214 Å². The summed E-state index contributed by atoms with van der Waals surface area (Å²) in [4.78, 5) is 20.6. The van der Waals surface area contributed by atoms with E-state index in [2.05, 4.69) is 14.7 Å². The standard InChI is InChI=1S/C26H29N5O5S/c1-4-36-21-14-13-18(37(33,34)30-20-11-7-8-12-22(20)35-3)15-19(21)24-28-26(32)23-16(2)27-25(31(23)29-24)17-9-5-6-10-17/h7-8,11-15,17,30H,4-6,9-10H2,1-3H3,(H,28,29,32). The van der Waals surface area contributed by atoms with Crippen molar-refractivity contribution in [2.75, 3.05) is 18.4 Å². The van der Waals surface area contributed by atoms with Gasteiger partial charge in [0.05, 0.1) is 35.6 Å². The second-order valence-electron chi connectivity index (χ2n) is 9.00. The van der Waals surface area contributed by atoms with Gasteiger partial charge in [-0.05, 0) is 57.0 Å². The summed E-state index contributed by atoms with van der Waals surface area (Å²) in [5.74, 6) is 1.99. The van der Waals surface area contributed by atoms with Gasteiger partial charge in [-0.3, -0.25) is 9.52 Å². The molecule has 1 aliphatic carbocycles. The van der Waals surface area contributed by atoms with E-state index in [1.807, 2.05) is 6.92 Å². The van der Waals surface area contributed by atoms with Crippen LogP contribution >= 0.6 is 0 Å². The molecule has 10 nitrogen and oxygen atoms in total. The molecule has 37 heavy (non-hydrogen) atoms. The quantitative estimate of drug-likeness (QED) is 0.353. The Kier molecular flexibility index (Phi) is 6.63. The van der Waals surface area contributed by atoms with E-state index in [0.29, 0.717) is 40.6 Å². The fourth-order valence-corrected chi connectivity index (χ4v) is 5.93. The first-order chi connectivity index (χ1) is 17.8. The zero-order valence-electron chi connectivity index (χ0n) is 20.9. The summed E-state index contributed by atoms with van der Waals surface area (Å²) >= 11 is 0. The third kappa shape index (κ3) is 4.66. The highest BCUT2D eigenvalue weighted by atomic mass is 32.2. The van der Waals surface area contributed by atoms with Crippen LogP contribution in [0.25, 0.3) is 16.9 Å². The number of methoxy groups -OCH3 is 1. The van der Waals surface area contributed by atoms with Gasteiger partial charge in [-0.2, -0.15) is 0 Å². The second kappa shape index (κ2) is 9.89. The minimum absolute atomic E-state index is 0.0163. The molecule has 2 N–H and O–H groups in total. The van der Waals surface area contributed by atoms with Gasteiger partial charge in [-0.15, -0.1) is 5.10 Å². The number of aromatic amines is 1. The van der Waals surface area contributed by atoms with Crippen LogP contribution < -0.4 is 19.8 Å². The number of aromatic nitrogens is 4. The zero-order chi connectivity index (χ0) is 26.2. The van der Waals surface area contributed by atoms with Crippen LogP contribution in [0.4, 0.5) is 5.69 Å². The first-order valence-corrected chi connectivity index (χ1v) is 13.7. The predicted octanol–water partition coefficient (Wildman–Crippen LogP) is 4.26. The van der Waals surface area contributed by atoms with Crippen molar-refractivity contribution in [3.8, 4) is 22.9 Å². The fraction of sp³-hybridized carbons (Fsp3) is 0.346. The number of H-pyrrole nitrogens is 1. The second-order valence-corrected chi connectivity index (χ2v) is 10.7. The van der Waals surface area contributed by atoms with Crippen LogP contribution in [0.1, 0.15) is 50.0 Å². The highest BCUT2D eigenvalue weighted by Crippen LogP contribution is 2.35. The number of ether oxygens (including phenoxy) is 2. The number of hydrogen-bond donors (Lipinski definition) is 2. The Bertz CT molecular complexity index is 1620. The van der Waals surface area contributed by atoms with Gasteiger partial charge in [0.2, 0.25) is 0 Å². The van der Waals surface area contributed by atoms with Gasteiger partial charge in [0, 0.05) is 5.92 Å². The zero-order valence-corrected chi connectivity index (χ0v) is 21.8. The highest BCUT2D eigenvalue weighted by molar-refractivity contribution is 7.92. The van der Waals surface area contributed by atoms with E-state index < -0.39 is 10.0 Å². The predicted molar refractivity (Wildman–Crippen MR) is 140 cm³/mol. The lowest BCUT2D eigenvalue weighted by Gasteiger charge is -2.15. The molecular formula is C26H29N5O5S. The van der Waals surface area contributed by atoms with Crippen molar-refractivity contribution in [2.24, 2.45) is 0 Å². The minimum atomic E-state index is -4.00. The molecular weight excluding hydrogens is 494 g/mol. The van der Waals surface area contributed by atoms with Crippen molar-refractivity contribution in [1.29, 1.82) is 0 Å². The van der Waals surface area contributed by atoms with E-state index in [4.69, 9.17) is 14.6 Å². The van der Waals surface area contributed by atoms with Gasteiger partial charge in [0.1, 0.15) is 17.3 Å². The molecule has 0 bridgehead atoms. The number of rotatable bonds is 8. The summed E-state index contributed by atoms with van der Waals surface area (Å²) in [7, 11) is -2.53. The van der Waals surface area contributed by atoms with E-state index in [1.165, 1.54) is 19.2 Å². The minimum Gasteiger partial charge on any atom is -0.495 e. The van der Waals surface area contributed by atoms with Gasteiger partial charge >= 0.3 is 0 Å². The molecule has 2 aromatic heterocycles. The monoisotopic (exact) mass is 523 g/mol. The number of hydrogen-bond acceptors (Lipinski definition) is 7. The maximum absolute atomic E-state index is 13.3. The largest absolute Gasteiger partial charge is 0.495 e. The Morgan fingerprint density at radius 2 is 1.89 bits per heavy atom. The molecule has 2 aromatic carbocycles. The normalized spacial score (nSPS) is 14.2. The van der Waals surface area contributed by atoms with Crippen LogP contribution in [-0.4, -0.2) is 41.7 Å². The third-order valence-corrected chi connectivity index (χ3v) is 7.95. The Hall–Kier alpha value is -3.86. The molecule has 2 heterocycles. The summed E-state index contributed by atoms with van der Waals surface area (Å²) in [5.41, 5.74) is 1.33. The number of nitrogens with zero attached hydrogens (tertiary/aromatic N) is 3. The van der Waals surface area contributed by atoms with Crippen molar-refractivity contribution in [2.45, 2.75) is 50.3 Å². The average molecular weight is 524 g/mol. The maximum Gasteiger partial charge on any atom is 0.277 e. The summed E-state index contributed by atoms with van der Waals surface area (Å²) in [6, 6.07) is 11.2. The third-order valence-electron chi connectivity index (χ3n) is 6.59. The van der Waals surface area contributed by atoms with Gasteiger partial charge in [-0.1, -0.05) is 25.0 Å². The van der Waals surface area contributed by atoms with Crippen LogP contribution in [0.3, 0.4) is 0 Å². The number of fused-ring (bicyclic) bond motifs is 1. The average Bonchev–Trinajstić information content (AvgIpc) is 3.52. The number of imidazole rings is 1. The molecule has 0 unspecified atom stereocenters. The number of sulfonamides is 1. The summed E-state index contributed by atoms with van der Waals surface area (Å²) < 4.78 is 41.9. The van der Waals surface area contributed by atoms with E-state index in [1.54, 1.807) is 41.8 Å². The Morgan fingerprint density at radius 1 is 1.14 bits per heavy atom. The van der Waals surface area contributed by atoms with Gasteiger partial charge in [0.25, 0.3) is 15.6 Å². The Morgan fingerprint density at radius 3 is 2.62 bits per heavy atom. The number of benzene rings is 2. The van der Waals surface area contributed by atoms with E-state index in [0.717, 1.165) is 31.5 Å². The molecule has 4 aromatic rings. The van der Waals surface area contributed by atoms with Crippen LogP contribution in [0.2, 0.25) is 0 Å². The molecule has 11 heteroatoms. The number of anilines is 1. The number of aryl methyl sites for hydroxylation is 1. The van der Waals surface area contributed by atoms with Crippen LogP contribution in [0.15, 0.2) is 52.2 Å². The molecule has 1 aliphatic rings. The molecule has 0 radical (unpaired) electrons. The van der Waals surface area contributed by atoms with E-state index in [-0.39, 0.29) is 22.2 Å². The van der Waals surface area contributed by atoms with E-state index >= 15 is 0 Å². The molecule has 0 atom stereocenters. The first kappa shape index (κ1) is 24.8. The lowest BCUT2D eigenvalue weighted by molar-refractivity contribution is 0.341. The molecule has 1 saturated carbocycles. The molecule has 194 valence electrons. The van der Waals surface area contributed by atoms with Crippen molar-refractivity contribution in [3.05, 3.63) is 64.3 Å². The molecule has 5 rings (SSSR count). The van der Waals surface area contributed by atoms with Crippen molar-refractivity contribution >= 4 is 21.2 Å². The maximum atomic E-state index is 13.3. The van der Waals surface area contributed by atoms with Gasteiger partial charge in [-0.25, -0.2) is 17.9 Å². The molecule has 0 saturated heterocycles. The van der Waals surface area contributed by atoms with Crippen molar-refractivity contribution in [1.82, 2.24) is 19.6 Å². The number of nitrogens with one attached hydrogen (secondary N) is 2. The number of para-hydroxylation sites is 2. The van der Waals surface area contributed by atoms with Crippen molar-refractivity contribution < 1.29 is 17.9 Å². The SMILES string of the molecule is CCOc1ccc(S(=O)(=O)Nc2ccccc2OC)cc1-c1nn2c(C3CCCC3)nc(C)c2c(=O)[nH]1. The lowest BCUT2D eigenvalue weighted by atomic mass is 10.1. The molecule has 0 amide bonds. The molecule has 0 spiro atoms. The van der Waals surface area contributed by atoms with Crippen LogP contribution in [0, 0.1) is 6.92 Å². The van der Waals surface area contributed by atoms with Crippen LogP contribution in [0.5, 0.6) is 11.5 Å². The first-order valence-electron chi connectivity index (χ1n) is 12.2.